The third kappa shape index (κ3) is 5.10. The number of nitrogens with one attached hydrogen (secondary N) is 1. The molecule has 0 unspecified atom stereocenters. The fourth-order valence-corrected chi connectivity index (χ4v) is 4.47. The molecular formula is C20H22N4O3S2. The maximum Gasteiger partial charge on any atom is 0.230 e. The van der Waals surface area contributed by atoms with Gasteiger partial charge in [0.2, 0.25) is 5.91 Å². The molecule has 0 fully saturated rings. The smallest absolute Gasteiger partial charge is 0.230 e. The molecule has 1 aliphatic heterocycles. The lowest BCUT2D eigenvalue weighted by molar-refractivity contribution is -0.119. The molecule has 1 aromatic carbocycles. The predicted molar refractivity (Wildman–Crippen MR) is 113 cm³/mol. The molecule has 0 radical (unpaired) electrons. The molecule has 3 heterocycles. The van der Waals surface area contributed by atoms with Crippen molar-refractivity contribution in [3.05, 3.63) is 52.5 Å². The van der Waals surface area contributed by atoms with Gasteiger partial charge in [0, 0.05) is 11.4 Å². The second kappa shape index (κ2) is 9.32. The number of benzene rings is 1. The van der Waals surface area contributed by atoms with Crippen LogP contribution in [-0.2, 0) is 17.8 Å². The SMILES string of the molecule is C[C@H](NC(=O)CSc1nncn1CCc1cccs1)c1ccc2c(c1)OCCO2. The number of hydrogen-bond donors (Lipinski definition) is 1. The van der Waals surface area contributed by atoms with Crippen molar-refractivity contribution in [1.29, 1.82) is 0 Å². The molecule has 3 aromatic rings. The minimum Gasteiger partial charge on any atom is -0.486 e. The van der Waals surface area contributed by atoms with Crippen LogP contribution in [-0.4, -0.2) is 39.6 Å². The van der Waals surface area contributed by atoms with Gasteiger partial charge in [0.15, 0.2) is 16.7 Å². The lowest BCUT2D eigenvalue weighted by Gasteiger charge is -2.21. The summed E-state index contributed by atoms with van der Waals surface area (Å²) in [6.45, 7) is 3.86. The Morgan fingerprint density at radius 3 is 3.00 bits per heavy atom. The van der Waals surface area contributed by atoms with E-state index in [0.717, 1.165) is 35.2 Å². The summed E-state index contributed by atoms with van der Waals surface area (Å²) >= 11 is 3.14. The molecule has 152 valence electrons. The van der Waals surface area contributed by atoms with E-state index >= 15 is 0 Å². The summed E-state index contributed by atoms with van der Waals surface area (Å²) in [6, 6.07) is 9.80. The third-order valence-corrected chi connectivity index (χ3v) is 6.45. The molecule has 29 heavy (non-hydrogen) atoms. The zero-order chi connectivity index (χ0) is 20.1. The second-order valence-corrected chi connectivity index (χ2v) is 8.59. The highest BCUT2D eigenvalue weighted by molar-refractivity contribution is 7.99. The summed E-state index contributed by atoms with van der Waals surface area (Å²) in [6.07, 6.45) is 2.64. The van der Waals surface area contributed by atoms with E-state index in [1.165, 1.54) is 16.6 Å². The van der Waals surface area contributed by atoms with E-state index < -0.39 is 0 Å². The number of carbonyl (C=O) groups is 1. The molecule has 4 rings (SSSR count). The topological polar surface area (TPSA) is 78.3 Å². The number of nitrogens with zero attached hydrogens (tertiary/aromatic N) is 3. The Hall–Kier alpha value is -2.52. The van der Waals surface area contributed by atoms with Crippen LogP contribution >= 0.6 is 23.1 Å². The number of thiophene rings is 1. The van der Waals surface area contributed by atoms with Crippen molar-refractivity contribution in [2.24, 2.45) is 0 Å². The molecule has 0 saturated carbocycles. The third-order valence-electron chi connectivity index (χ3n) is 4.54. The van der Waals surface area contributed by atoms with Crippen molar-refractivity contribution in [1.82, 2.24) is 20.1 Å². The van der Waals surface area contributed by atoms with Crippen LogP contribution in [0.5, 0.6) is 11.5 Å². The zero-order valence-electron chi connectivity index (χ0n) is 16.0. The average molecular weight is 431 g/mol. The minimum absolute atomic E-state index is 0.0507. The monoisotopic (exact) mass is 430 g/mol. The lowest BCUT2D eigenvalue weighted by Crippen LogP contribution is -2.28. The first-order valence-corrected chi connectivity index (χ1v) is 11.3. The molecule has 1 aliphatic rings. The van der Waals surface area contributed by atoms with Crippen LogP contribution in [0.15, 0.2) is 47.2 Å². The number of aryl methyl sites for hydroxylation is 2. The Kier molecular flexibility index (Phi) is 6.36. The highest BCUT2D eigenvalue weighted by Gasteiger charge is 2.16. The molecule has 1 N–H and O–H groups in total. The van der Waals surface area contributed by atoms with Gasteiger partial charge in [-0.05, 0) is 42.5 Å². The normalized spacial score (nSPS) is 13.8. The van der Waals surface area contributed by atoms with E-state index in [0.29, 0.717) is 13.2 Å². The molecule has 0 spiro atoms. The number of ether oxygens (including phenoxy) is 2. The summed E-state index contributed by atoms with van der Waals surface area (Å²) in [5.41, 5.74) is 0.978. The first-order valence-electron chi connectivity index (χ1n) is 9.41. The largest absolute Gasteiger partial charge is 0.486 e. The highest BCUT2D eigenvalue weighted by atomic mass is 32.2. The number of thioether (sulfide) groups is 1. The Balaban J connectivity index is 1.28. The van der Waals surface area contributed by atoms with E-state index in [1.807, 2.05) is 29.7 Å². The molecule has 2 aromatic heterocycles. The van der Waals surface area contributed by atoms with E-state index in [1.54, 1.807) is 17.7 Å². The maximum atomic E-state index is 12.4. The zero-order valence-corrected chi connectivity index (χ0v) is 17.7. The van der Waals surface area contributed by atoms with E-state index in [2.05, 4.69) is 33.0 Å². The van der Waals surface area contributed by atoms with Gasteiger partial charge < -0.3 is 19.4 Å². The summed E-state index contributed by atoms with van der Waals surface area (Å²) in [5.74, 6) is 1.70. The van der Waals surface area contributed by atoms with Crippen LogP contribution in [0, 0.1) is 0 Å². The van der Waals surface area contributed by atoms with Crippen molar-refractivity contribution in [2.45, 2.75) is 31.1 Å². The van der Waals surface area contributed by atoms with Crippen molar-refractivity contribution in [3.63, 3.8) is 0 Å². The Morgan fingerprint density at radius 1 is 1.31 bits per heavy atom. The molecule has 9 heteroatoms. The van der Waals surface area contributed by atoms with Crippen molar-refractivity contribution in [3.8, 4) is 11.5 Å². The fraction of sp³-hybridized carbons (Fsp3) is 0.350. The average Bonchev–Trinajstić information content (AvgIpc) is 3.42. The van der Waals surface area contributed by atoms with Crippen LogP contribution in [0.25, 0.3) is 0 Å². The maximum absolute atomic E-state index is 12.4. The van der Waals surface area contributed by atoms with Gasteiger partial charge in [0.25, 0.3) is 0 Å². The molecule has 0 bridgehead atoms. The number of rotatable bonds is 8. The fourth-order valence-electron chi connectivity index (χ4n) is 3.02. The summed E-state index contributed by atoms with van der Waals surface area (Å²) in [5, 5.41) is 14.0. The van der Waals surface area contributed by atoms with Crippen LogP contribution in [0.2, 0.25) is 0 Å². The van der Waals surface area contributed by atoms with Gasteiger partial charge >= 0.3 is 0 Å². The quantitative estimate of drug-likeness (QED) is 0.553. The lowest BCUT2D eigenvalue weighted by atomic mass is 10.1. The van der Waals surface area contributed by atoms with Crippen LogP contribution in [0.1, 0.15) is 23.4 Å². The van der Waals surface area contributed by atoms with Gasteiger partial charge in [0.1, 0.15) is 19.5 Å². The van der Waals surface area contributed by atoms with Crippen LogP contribution in [0.4, 0.5) is 0 Å². The van der Waals surface area contributed by atoms with Gasteiger partial charge in [-0.2, -0.15) is 0 Å². The van der Waals surface area contributed by atoms with Crippen molar-refractivity contribution < 1.29 is 14.3 Å². The van der Waals surface area contributed by atoms with Crippen LogP contribution < -0.4 is 14.8 Å². The standard InChI is InChI=1S/C20H22N4O3S2/c1-14(15-4-5-17-18(11-15)27-9-8-26-17)22-19(25)12-29-20-23-21-13-24(20)7-6-16-3-2-10-28-16/h2-5,10-11,13-14H,6-9,12H2,1H3,(H,22,25)/t14-/m0/s1. The van der Waals surface area contributed by atoms with Crippen molar-refractivity contribution >= 4 is 29.0 Å². The first-order chi connectivity index (χ1) is 14.2. The molecule has 1 atom stereocenters. The molecule has 7 nitrogen and oxygen atoms in total. The summed E-state index contributed by atoms with van der Waals surface area (Å²) < 4.78 is 13.2. The van der Waals surface area contributed by atoms with E-state index in [9.17, 15) is 4.79 Å². The minimum atomic E-state index is -0.129. The molecule has 0 saturated heterocycles. The number of aromatic nitrogens is 3. The Bertz CT molecular complexity index is 959. The molecule has 1 amide bonds. The van der Waals surface area contributed by atoms with Gasteiger partial charge in [0.05, 0.1) is 11.8 Å². The number of amides is 1. The number of carbonyl (C=O) groups excluding carboxylic acids is 1. The van der Waals surface area contributed by atoms with Gasteiger partial charge in [-0.15, -0.1) is 21.5 Å². The number of fused-ring (bicyclic) bond motifs is 1. The Labute approximate surface area is 177 Å². The van der Waals surface area contributed by atoms with Gasteiger partial charge in [-0.3, -0.25) is 4.79 Å². The summed E-state index contributed by atoms with van der Waals surface area (Å²) in [4.78, 5) is 13.7. The highest BCUT2D eigenvalue weighted by Crippen LogP contribution is 2.32. The van der Waals surface area contributed by atoms with E-state index in [4.69, 9.17) is 9.47 Å². The summed E-state index contributed by atoms with van der Waals surface area (Å²) in [7, 11) is 0. The second-order valence-electron chi connectivity index (χ2n) is 6.62. The van der Waals surface area contributed by atoms with E-state index in [-0.39, 0.29) is 17.7 Å². The predicted octanol–water partition coefficient (Wildman–Crippen LogP) is 3.32. The van der Waals surface area contributed by atoms with Gasteiger partial charge in [-0.25, -0.2) is 0 Å². The van der Waals surface area contributed by atoms with Crippen molar-refractivity contribution in [2.75, 3.05) is 19.0 Å². The molecule has 0 aliphatic carbocycles. The first kappa shape index (κ1) is 19.8. The molecular weight excluding hydrogens is 408 g/mol. The van der Waals surface area contributed by atoms with Gasteiger partial charge in [-0.1, -0.05) is 23.9 Å². The number of hydrogen-bond acceptors (Lipinski definition) is 7. The van der Waals surface area contributed by atoms with Crippen LogP contribution in [0.3, 0.4) is 0 Å². The Morgan fingerprint density at radius 2 is 2.17 bits per heavy atom.